The first-order chi connectivity index (χ1) is 9.49. The average molecular weight is 272 g/mol. The number of ether oxygens (including phenoxy) is 1. The lowest BCUT2D eigenvalue weighted by Crippen LogP contribution is -2.06. The number of aromatic nitrogens is 2. The van der Waals surface area contributed by atoms with E-state index in [1.165, 1.54) is 6.92 Å². The van der Waals surface area contributed by atoms with Crippen LogP contribution < -0.4 is 15.8 Å². The maximum absolute atomic E-state index is 11.1. The number of hydrogen-bond acceptors (Lipinski definition) is 5. The van der Waals surface area contributed by atoms with Gasteiger partial charge in [-0.2, -0.15) is 0 Å². The Morgan fingerprint density at radius 3 is 2.65 bits per heavy atom. The van der Waals surface area contributed by atoms with Crippen LogP contribution in [0.15, 0.2) is 24.3 Å². The molecule has 0 fully saturated rings. The second-order valence-corrected chi connectivity index (χ2v) is 4.35. The molecule has 20 heavy (non-hydrogen) atoms. The lowest BCUT2D eigenvalue weighted by molar-refractivity contribution is -0.114. The van der Waals surface area contributed by atoms with Crippen LogP contribution in [0.25, 0.3) is 11.3 Å². The summed E-state index contributed by atoms with van der Waals surface area (Å²) >= 11 is 0. The summed E-state index contributed by atoms with van der Waals surface area (Å²) in [6.07, 6.45) is 0. The molecule has 2 rings (SSSR count). The fraction of sp³-hybridized carbons (Fsp3) is 0.214. The molecule has 0 spiro atoms. The molecule has 0 saturated carbocycles. The molecule has 3 N–H and O–H groups in total. The van der Waals surface area contributed by atoms with Gasteiger partial charge in [-0.15, -0.1) is 0 Å². The number of nitrogens with zero attached hydrogens (tertiary/aromatic N) is 2. The molecule has 0 aliphatic heterocycles. The van der Waals surface area contributed by atoms with Crippen molar-refractivity contribution >= 4 is 17.5 Å². The smallest absolute Gasteiger partial charge is 0.221 e. The Morgan fingerprint density at radius 2 is 2.05 bits per heavy atom. The largest absolute Gasteiger partial charge is 0.496 e. The normalized spacial score (nSPS) is 10.2. The quantitative estimate of drug-likeness (QED) is 0.891. The first kappa shape index (κ1) is 13.8. The van der Waals surface area contributed by atoms with Crippen LogP contribution in [0.1, 0.15) is 12.6 Å². The van der Waals surface area contributed by atoms with Crippen LogP contribution in [0.5, 0.6) is 5.75 Å². The first-order valence-electron chi connectivity index (χ1n) is 6.06. The van der Waals surface area contributed by atoms with Crippen LogP contribution in [-0.2, 0) is 4.79 Å². The highest BCUT2D eigenvalue weighted by molar-refractivity contribution is 5.90. The summed E-state index contributed by atoms with van der Waals surface area (Å²) in [4.78, 5) is 19.4. The molecule has 0 radical (unpaired) electrons. The van der Waals surface area contributed by atoms with E-state index in [-0.39, 0.29) is 11.9 Å². The second-order valence-electron chi connectivity index (χ2n) is 4.35. The average Bonchev–Trinajstić information content (AvgIpc) is 2.36. The van der Waals surface area contributed by atoms with Crippen molar-refractivity contribution in [1.82, 2.24) is 9.97 Å². The van der Waals surface area contributed by atoms with E-state index in [0.29, 0.717) is 17.1 Å². The van der Waals surface area contributed by atoms with E-state index in [1.807, 2.05) is 13.0 Å². The van der Waals surface area contributed by atoms with Crippen molar-refractivity contribution in [1.29, 1.82) is 0 Å². The van der Waals surface area contributed by atoms with Gasteiger partial charge in [-0.05, 0) is 31.2 Å². The summed E-state index contributed by atoms with van der Waals surface area (Å²) in [5.41, 5.74) is 8.51. The number of carbonyl (C=O) groups excluding carboxylic acids is 1. The molecule has 6 nitrogen and oxygen atoms in total. The Morgan fingerprint density at radius 1 is 1.30 bits per heavy atom. The Bertz CT molecular complexity index is 635. The number of anilines is 2. The van der Waals surface area contributed by atoms with Gasteiger partial charge < -0.3 is 15.8 Å². The summed E-state index contributed by atoms with van der Waals surface area (Å²) in [6.45, 7) is 3.29. The van der Waals surface area contributed by atoms with E-state index >= 15 is 0 Å². The van der Waals surface area contributed by atoms with Gasteiger partial charge in [-0.3, -0.25) is 4.79 Å². The number of aryl methyl sites for hydroxylation is 1. The topological polar surface area (TPSA) is 90.1 Å². The van der Waals surface area contributed by atoms with E-state index in [1.54, 1.807) is 25.3 Å². The molecule has 1 heterocycles. The highest BCUT2D eigenvalue weighted by Crippen LogP contribution is 2.31. The molecule has 0 aliphatic rings. The van der Waals surface area contributed by atoms with Crippen molar-refractivity contribution in [3.05, 3.63) is 30.0 Å². The number of carbonyl (C=O) groups is 1. The number of nitrogens with two attached hydrogens (primary N) is 1. The lowest BCUT2D eigenvalue weighted by Gasteiger charge is -2.11. The highest BCUT2D eigenvalue weighted by Gasteiger charge is 2.11. The highest BCUT2D eigenvalue weighted by atomic mass is 16.5. The molecule has 0 atom stereocenters. The fourth-order valence-electron chi connectivity index (χ4n) is 1.92. The van der Waals surface area contributed by atoms with Crippen LogP contribution in [0, 0.1) is 6.92 Å². The third kappa shape index (κ3) is 3.03. The molecule has 1 aromatic heterocycles. The van der Waals surface area contributed by atoms with Crippen molar-refractivity contribution in [3.63, 3.8) is 0 Å². The van der Waals surface area contributed by atoms with E-state index in [2.05, 4.69) is 15.3 Å². The second kappa shape index (κ2) is 5.56. The number of methoxy groups -OCH3 is 1. The SMILES string of the molecule is COc1ccc(NC(C)=O)cc1-c1cc(C)nc(N)n1. The molecule has 104 valence electrons. The number of hydrogen-bond donors (Lipinski definition) is 2. The van der Waals surface area contributed by atoms with Gasteiger partial charge in [0.2, 0.25) is 11.9 Å². The van der Waals surface area contributed by atoms with Crippen molar-refractivity contribution in [2.45, 2.75) is 13.8 Å². The van der Waals surface area contributed by atoms with E-state index in [4.69, 9.17) is 10.5 Å². The third-order valence-electron chi connectivity index (χ3n) is 2.67. The van der Waals surface area contributed by atoms with Crippen molar-refractivity contribution in [2.24, 2.45) is 0 Å². The minimum atomic E-state index is -0.139. The maximum Gasteiger partial charge on any atom is 0.221 e. The Balaban J connectivity index is 2.54. The van der Waals surface area contributed by atoms with Gasteiger partial charge in [0.05, 0.1) is 12.8 Å². The van der Waals surface area contributed by atoms with Crippen LogP contribution in [0.2, 0.25) is 0 Å². The minimum Gasteiger partial charge on any atom is -0.496 e. The Kier molecular flexibility index (Phi) is 3.84. The molecule has 0 bridgehead atoms. The van der Waals surface area contributed by atoms with Gasteiger partial charge in [-0.1, -0.05) is 0 Å². The van der Waals surface area contributed by atoms with E-state index in [9.17, 15) is 4.79 Å². The molecule has 0 unspecified atom stereocenters. The number of amides is 1. The summed E-state index contributed by atoms with van der Waals surface area (Å²) in [5.74, 6) is 0.711. The van der Waals surface area contributed by atoms with E-state index in [0.717, 1.165) is 11.3 Å². The molecule has 6 heteroatoms. The minimum absolute atomic E-state index is 0.139. The molecular formula is C14H16N4O2. The predicted molar refractivity (Wildman–Crippen MR) is 77.5 cm³/mol. The summed E-state index contributed by atoms with van der Waals surface area (Å²) in [6, 6.07) is 7.14. The third-order valence-corrected chi connectivity index (χ3v) is 2.67. The monoisotopic (exact) mass is 272 g/mol. The molecule has 2 aromatic rings. The molecule has 1 amide bonds. The van der Waals surface area contributed by atoms with Gasteiger partial charge in [0.25, 0.3) is 0 Å². The van der Waals surface area contributed by atoms with Gasteiger partial charge in [-0.25, -0.2) is 9.97 Å². The van der Waals surface area contributed by atoms with Gasteiger partial charge in [0.15, 0.2) is 0 Å². The number of nitrogens with one attached hydrogen (secondary N) is 1. The van der Waals surface area contributed by atoms with Crippen molar-refractivity contribution in [2.75, 3.05) is 18.2 Å². The standard InChI is InChI=1S/C14H16N4O2/c1-8-6-12(18-14(15)16-8)11-7-10(17-9(2)19)4-5-13(11)20-3/h4-7H,1-3H3,(H,17,19)(H2,15,16,18). The predicted octanol–water partition coefficient (Wildman–Crippen LogP) is 2.00. The molecule has 1 aromatic carbocycles. The van der Waals surface area contributed by atoms with Crippen LogP contribution in [0.4, 0.5) is 11.6 Å². The zero-order chi connectivity index (χ0) is 14.7. The summed E-state index contributed by atoms with van der Waals surface area (Å²) < 4.78 is 5.33. The van der Waals surface area contributed by atoms with Crippen LogP contribution >= 0.6 is 0 Å². The Hall–Kier alpha value is -2.63. The lowest BCUT2D eigenvalue weighted by atomic mass is 10.1. The molecule has 0 saturated heterocycles. The van der Waals surface area contributed by atoms with E-state index < -0.39 is 0 Å². The zero-order valence-electron chi connectivity index (χ0n) is 11.6. The summed E-state index contributed by atoms with van der Waals surface area (Å²) in [5, 5.41) is 2.73. The Labute approximate surface area is 117 Å². The zero-order valence-corrected chi connectivity index (χ0v) is 11.6. The fourth-order valence-corrected chi connectivity index (χ4v) is 1.92. The van der Waals surface area contributed by atoms with Gasteiger partial charge in [0.1, 0.15) is 5.75 Å². The number of rotatable bonds is 3. The molecule has 0 aliphatic carbocycles. The van der Waals surface area contributed by atoms with Gasteiger partial charge >= 0.3 is 0 Å². The number of nitrogen functional groups attached to an aromatic ring is 1. The van der Waals surface area contributed by atoms with Crippen LogP contribution in [-0.4, -0.2) is 23.0 Å². The number of benzene rings is 1. The maximum atomic E-state index is 11.1. The van der Waals surface area contributed by atoms with Crippen molar-refractivity contribution in [3.8, 4) is 17.0 Å². The summed E-state index contributed by atoms with van der Waals surface area (Å²) in [7, 11) is 1.58. The van der Waals surface area contributed by atoms with Crippen molar-refractivity contribution < 1.29 is 9.53 Å². The van der Waals surface area contributed by atoms with Gasteiger partial charge in [0, 0.05) is 23.9 Å². The molecular weight excluding hydrogens is 256 g/mol. The first-order valence-corrected chi connectivity index (χ1v) is 6.06. The van der Waals surface area contributed by atoms with Crippen LogP contribution in [0.3, 0.4) is 0 Å².